The molecule has 3 N–H and O–H groups in total. The summed E-state index contributed by atoms with van der Waals surface area (Å²) in [7, 11) is -2.37. The molecule has 0 aliphatic heterocycles. The van der Waals surface area contributed by atoms with Crippen molar-refractivity contribution in [2.75, 3.05) is 11.1 Å². The summed E-state index contributed by atoms with van der Waals surface area (Å²) in [5, 5.41) is 5.01. The lowest BCUT2D eigenvalue weighted by atomic mass is 10.3. The Morgan fingerprint density at radius 2 is 1.96 bits per heavy atom. The van der Waals surface area contributed by atoms with Crippen LogP contribution in [0.5, 0.6) is 0 Å². The van der Waals surface area contributed by atoms with Gasteiger partial charge in [-0.3, -0.25) is 4.68 Å². The highest BCUT2D eigenvalue weighted by Gasteiger charge is 2.36. The predicted molar refractivity (Wildman–Crippen MR) is 80.3 cm³/mol. The molecule has 2 aromatic rings. The smallest absolute Gasteiger partial charge is 0.368 e. The lowest BCUT2D eigenvalue weighted by Gasteiger charge is -2.13. The maximum atomic E-state index is 13.1. The number of aryl methyl sites for hydroxylation is 1. The second-order valence-corrected chi connectivity index (χ2v) is 7.65. The van der Waals surface area contributed by atoms with Crippen LogP contribution in [0.2, 0.25) is 0 Å². The predicted octanol–water partition coefficient (Wildman–Crippen LogP) is 1.74. The molecule has 0 aromatic carbocycles. The van der Waals surface area contributed by atoms with Gasteiger partial charge in [0.05, 0.1) is 10.9 Å². The molecule has 0 aliphatic rings. The van der Waals surface area contributed by atoms with E-state index in [1.807, 2.05) is 0 Å². The Balaban J connectivity index is 2.57. The average molecular weight is 364 g/mol. The van der Waals surface area contributed by atoms with Gasteiger partial charge in [0.25, 0.3) is 0 Å². The molecule has 0 saturated heterocycles. The van der Waals surface area contributed by atoms with Crippen molar-refractivity contribution in [3.05, 3.63) is 18.0 Å². The maximum absolute atomic E-state index is 13.1. The Hall–Kier alpha value is -2.37. The standard InChI is InChI=1S/C12H15F3N6O2S/c1-6(2)24(22,23)10-8(5-21(3)20-10)18-9-7(12(13,14)15)4-17-11(16)19-9/h4-6H,1-3H3,(H3,16,17,18,19). The number of halogens is 3. The average Bonchev–Trinajstić information content (AvgIpc) is 2.78. The number of sulfone groups is 1. The van der Waals surface area contributed by atoms with E-state index < -0.39 is 32.6 Å². The zero-order chi connectivity index (χ0) is 18.3. The van der Waals surface area contributed by atoms with E-state index in [0.717, 1.165) is 0 Å². The first-order valence-electron chi connectivity index (χ1n) is 6.67. The van der Waals surface area contributed by atoms with E-state index in [-0.39, 0.29) is 16.7 Å². The molecule has 0 aliphatic carbocycles. The van der Waals surface area contributed by atoms with Gasteiger partial charge < -0.3 is 11.1 Å². The van der Waals surface area contributed by atoms with Crippen LogP contribution in [0.4, 0.5) is 30.6 Å². The molecule has 0 atom stereocenters. The van der Waals surface area contributed by atoms with Gasteiger partial charge in [-0.05, 0) is 13.8 Å². The van der Waals surface area contributed by atoms with Crippen molar-refractivity contribution in [3.63, 3.8) is 0 Å². The fraction of sp³-hybridized carbons (Fsp3) is 0.417. The van der Waals surface area contributed by atoms with Crippen molar-refractivity contribution in [1.29, 1.82) is 0 Å². The first kappa shape index (κ1) is 18.0. The minimum absolute atomic E-state index is 0.130. The van der Waals surface area contributed by atoms with E-state index in [2.05, 4.69) is 20.4 Å². The summed E-state index contributed by atoms with van der Waals surface area (Å²) in [5.41, 5.74) is 4.03. The zero-order valence-electron chi connectivity index (χ0n) is 13.0. The van der Waals surface area contributed by atoms with Crippen LogP contribution in [0, 0.1) is 0 Å². The number of anilines is 3. The van der Waals surface area contributed by atoms with Crippen LogP contribution in [0.15, 0.2) is 17.4 Å². The number of rotatable bonds is 4. The molecule has 2 rings (SSSR count). The molecule has 132 valence electrons. The van der Waals surface area contributed by atoms with Crippen LogP contribution in [0.25, 0.3) is 0 Å². The van der Waals surface area contributed by atoms with E-state index >= 15 is 0 Å². The van der Waals surface area contributed by atoms with Gasteiger partial charge in [-0.25, -0.2) is 13.4 Å². The topological polar surface area (TPSA) is 116 Å². The highest BCUT2D eigenvalue weighted by molar-refractivity contribution is 7.92. The summed E-state index contributed by atoms with van der Waals surface area (Å²) >= 11 is 0. The van der Waals surface area contributed by atoms with E-state index in [1.54, 1.807) is 0 Å². The quantitative estimate of drug-likeness (QED) is 0.849. The molecule has 2 aromatic heterocycles. The minimum Gasteiger partial charge on any atom is -0.368 e. The van der Waals surface area contributed by atoms with Gasteiger partial charge in [-0.2, -0.15) is 23.3 Å². The highest BCUT2D eigenvalue weighted by atomic mass is 32.2. The van der Waals surface area contributed by atoms with Crippen LogP contribution in [0.1, 0.15) is 19.4 Å². The molecular weight excluding hydrogens is 349 g/mol. The Bertz CT molecular complexity index is 860. The number of hydrogen-bond donors (Lipinski definition) is 2. The molecule has 0 bridgehead atoms. The monoisotopic (exact) mass is 364 g/mol. The number of hydrogen-bond acceptors (Lipinski definition) is 7. The largest absolute Gasteiger partial charge is 0.421 e. The van der Waals surface area contributed by atoms with Gasteiger partial charge in [-0.1, -0.05) is 0 Å². The first-order chi connectivity index (χ1) is 10.9. The summed E-state index contributed by atoms with van der Waals surface area (Å²) in [5.74, 6) is -1.04. The molecule has 0 radical (unpaired) electrons. The molecule has 24 heavy (non-hydrogen) atoms. The van der Waals surface area contributed by atoms with Gasteiger partial charge in [-0.15, -0.1) is 0 Å². The van der Waals surface area contributed by atoms with Crippen LogP contribution < -0.4 is 11.1 Å². The summed E-state index contributed by atoms with van der Waals surface area (Å²) < 4.78 is 64.9. The van der Waals surface area contributed by atoms with Gasteiger partial charge in [0.1, 0.15) is 11.4 Å². The van der Waals surface area contributed by atoms with Crippen LogP contribution in [-0.4, -0.2) is 33.4 Å². The summed E-state index contributed by atoms with van der Waals surface area (Å²) in [6, 6.07) is 0. The Kier molecular flexibility index (Phi) is 4.44. The molecule has 0 amide bonds. The van der Waals surface area contributed by atoms with E-state index in [4.69, 9.17) is 5.73 Å². The second kappa shape index (κ2) is 5.92. The number of aromatic nitrogens is 4. The van der Waals surface area contributed by atoms with Crippen molar-refractivity contribution in [2.45, 2.75) is 30.3 Å². The zero-order valence-corrected chi connectivity index (χ0v) is 13.8. The number of nitrogens with two attached hydrogens (primary N) is 1. The molecule has 0 saturated carbocycles. The van der Waals surface area contributed by atoms with Crippen molar-refractivity contribution < 1.29 is 21.6 Å². The number of nitrogens with one attached hydrogen (secondary N) is 1. The van der Waals surface area contributed by atoms with Crippen molar-refractivity contribution in [3.8, 4) is 0 Å². The highest BCUT2D eigenvalue weighted by Crippen LogP contribution is 2.36. The molecule has 0 fully saturated rings. The molecule has 0 spiro atoms. The molecule has 8 nitrogen and oxygen atoms in total. The number of alkyl halides is 3. The fourth-order valence-electron chi connectivity index (χ4n) is 1.81. The number of nitrogens with zero attached hydrogens (tertiary/aromatic N) is 4. The van der Waals surface area contributed by atoms with Crippen LogP contribution >= 0.6 is 0 Å². The van der Waals surface area contributed by atoms with E-state index in [1.165, 1.54) is 31.8 Å². The van der Waals surface area contributed by atoms with Crippen molar-refractivity contribution in [2.24, 2.45) is 7.05 Å². The SMILES string of the molecule is CC(C)S(=O)(=O)c1nn(C)cc1Nc1nc(N)ncc1C(F)(F)F. The minimum atomic E-state index is -4.74. The normalized spacial score (nSPS) is 12.6. The number of nitrogen functional groups attached to an aromatic ring is 1. The second-order valence-electron chi connectivity index (χ2n) is 5.23. The first-order valence-corrected chi connectivity index (χ1v) is 8.22. The molecule has 2 heterocycles. The van der Waals surface area contributed by atoms with Crippen molar-refractivity contribution >= 4 is 27.3 Å². The van der Waals surface area contributed by atoms with Gasteiger partial charge in [0.2, 0.25) is 20.8 Å². The third-order valence-electron chi connectivity index (χ3n) is 3.05. The summed E-state index contributed by atoms with van der Waals surface area (Å²) in [6.07, 6.45) is -2.97. The summed E-state index contributed by atoms with van der Waals surface area (Å²) in [4.78, 5) is 6.84. The maximum Gasteiger partial charge on any atom is 0.421 e. The Labute approximate surface area is 135 Å². The molecule has 12 heteroatoms. The third kappa shape index (κ3) is 3.42. The lowest BCUT2D eigenvalue weighted by Crippen LogP contribution is -2.17. The van der Waals surface area contributed by atoms with Gasteiger partial charge in [0.15, 0.2) is 0 Å². The van der Waals surface area contributed by atoms with E-state index in [0.29, 0.717) is 6.20 Å². The van der Waals surface area contributed by atoms with Gasteiger partial charge >= 0.3 is 6.18 Å². The Morgan fingerprint density at radius 1 is 1.33 bits per heavy atom. The fourth-order valence-corrected chi connectivity index (χ4v) is 2.91. The lowest BCUT2D eigenvalue weighted by molar-refractivity contribution is -0.137. The Morgan fingerprint density at radius 3 is 2.50 bits per heavy atom. The van der Waals surface area contributed by atoms with Gasteiger partial charge in [0, 0.05) is 19.4 Å². The van der Waals surface area contributed by atoms with E-state index in [9.17, 15) is 21.6 Å². The van der Waals surface area contributed by atoms with Crippen LogP contribution in [0.3, 0.4) is 0 Å². The molecule has 0 unspecified atom stereocenters. The summed E-state index contributed by atoms with van der Waals surface area (Å²) in [6.45, 7) is 2.88. The third-order valence-corrected chi connectivity index (χ3v) is 5.13. The molecular formula is C12H15F3N6O2S. The van der Waals surface area contributed by atoms with Crippen molar-refractivity contribution in [1.82, 2.24) is 19.7 Å². The van der Waals surface area contributed by atoms with Crippen LogP contribution in [-0.2, 0) is 23.1 Å².